The number of rotatable bonds is 4. The zero-order chi connectivity index (χ0) is 8.85. The van der Waals surface area contributed by atoms with Gasteiger partial charge in [-0.3, -0.25) is 0 Å². The van der Waals surface area contributed by atoms with Crippen LogP contribution in [-0.4, -0.2) is 21.8 Å². The Labute approximate surface area is 80.6 Å². The Morgan fingerprint density at radius 3 is 2.36 bits per heavy atom. The van der Waals surface area contributed by atoms with E-state index in [1.165, 1.54) is 12.8 Å². The fourth-order valence-electron chi connectivity index (χ4n) is 0.903. The second kappa shape index (κ2) is 5.84. The van der Waals surface area contributed by atoms with Crippen LogP contribution in [-0.2, 0) is 0 Å². The highest BCUT2D eigenvalue weighted by atomic mass is 32.1. The predicted molar refractivity (Wildman–Crippen MR) is 58.3 cm³/mol. The SMILES string of the molecule is CCCCN(C(=S)S)C(C)C. The van der Waals surface area contributed by atoms with Gasteiger partial charge in [0, 0.05) is 12.6 Å². The third-order valence-electron chi connectivity index (χ3n) is 1.62. The molecule has 0 aromatic carbocycles. The molecule has 0 aliphatic carbocycles. The van der Waals surface area contributed by atoms with Crippen LogP contribution >= 0.6 is 24.8 Å². The maximum absolute atomic E-state index is 5.00. The van der Waals surface area contributed by atoms with Crippen molar-refractivity contribution in [1.29, 1.82) is 0 Å². The Balaban J connectivity index is 3.80. The number of thiol groups is 1. The fourth-order valence-corrected chi connectivity index (χ4v) is 1.54. The molecule has 11 heavy (non-hydrogen) atoms. The first kappa shape index (κ1) is 11.2. The lowest BCUT2D eigenvalue weighted by molar-refractivity contribution is 0.355. The molecule has 0 spiro atoms. The predicted octanol–water partition coefficient (Wildman–Crippen LogP) is 2.71. The maximum Gasteiger partial charge on any atom is 0.133 e. The van der Waals surface area contributed by atoms with Gasteiger partial charge < -0.3 is 4.90 Å². The second-order valence-electron chi connectivity index (χ2n) is 2.92. The van der Waals surface area contributed by atoms with Crippen LogP contribution in [0.1, 0.15) is 33.6 Å². The van der Waals surface area contributed by atoms with Gasteiger partial charge in [-0.15, -0.1) is 12.6 Å². The number of unbranched alkanes of at least 4 members (excludes halogenated alkanes) is 1. The number of thiocarbonyl (C=S) groups is 1. The molecule has 66 valence electrons. The normalized spacial score (nSPS) is 10.3. The van der Waals surface area contributed by atoms with Crippen molar-refractivity contribution in [2.24, 2.45) is 0 Å². The van der Waals surface area contributed by atoms with Crippen LogP contribution in [0, 0.1) is 0 Å². The minimum atomic E-state index is 0.478. The minimum Gasteiger partial charge on any atom is -0.355 e. The van der Waals surface area contributed by atoms with Crippen molar-refractivity contribution in [2.45, 2.75) is 39.7 Å². The van der Waals surface area contributed by atoms with Gasteiger partial charge in [0.25, 0.3) is 0 Å². The Kier molecular flexibility index (Phi) is 5.96. The van der Waals surface area contributed by atoms with E-state index < -0.39 is 0 Å². The molecule has 0 aliphatic heterocycles. The lowest BCUT2D eigenvalue weighted by atomic mass is 10.3. The molecule has 0 rings (SSSR count). The first-order chi connectivity index (χ1) is 5.09. The molecule has 0 bridgehead atoms. The Morgan fingerprint density at radius 1 is 1.55 bits per heavy atom. The first-order valence-corrected chi connectivity index (χ1v) is 4.94. The first-order valence-electron chi connectivity index (χ1n) is 4.09. The van der Waals surface area contributed by atoms with Crippen molar-refractivity contribution < 1.29 is 0 Å². The van der Waals surface area contributed by atoms with Crippen molar-refractivity contribution in [3.63, 3.8) is 0 Å². The molecule has 1 nitrogen and oxygen atoms in total. The molecular weight excluding hydrogens is 174 g/mol. The summed E-state index contributed by atoms with van der Waals surface area (Å²) >= 11 is 9.16. The van der Waals surface area contributed by atoms with Gasteiger partial charge in [-0.05, 0) is 20.3 Å². The van der Waals surface area contributed by atoms with Crippen LogP contribution in [0.4, 0.5) is 0 Å². The van der Waals surface area contributed by atoms with E-state index in [0.717, 1.165) is 6.54 Å². The average Bonchev–Trinajstić information content (AvgIpc) is 1.87. The molecule has 3 heteroatoms. The van der Waals surface area contributed by atoms with Gasteiger partial charge in [0.1, 0.15) is 4.32 Å². The molecule has 0 amide bonds. The molecule has 0 unspecified atom stereocenters. The van der Waals surface area contributed by atoms with E-state index >= 15 is 0 Å². The summed E-state index contributed by atoms with van der Waals surface area (Å²) in [6.07, 6.45) is 2.40. The average molecular weight is 191 g/mol. The van der Waals surface area contributed by atoms with Crippen molar-refractivity contribution in [2.75, 3.05) is 6.54 Å². The Bertz CT molecular complexity index is 123. The summed E-state index contributed by atoms with van der Waals surface area (Å²) in [6, 6.07) is 0.478. The van der Waals surface area contributed by atoms with Crippen LogP contribution in [0.3, 0.4) is 0 Å². The van der Waals surface area contributed by atoms with E-state index in [0.29, 0.717) is 10.4 Å². The lowest BCUT2D eigenvalue weighted by Gasteiger charge is -2.26. The van der Waals surface area contributed by atoms with Crippen LogP contribution in [0.25, 0.3) is 0 Å². The molecule has 0 saturated carbocycles. The van der Waals surface area contributed by atoms with Gasteiger partial charge in [0.15, 0.2) is 0 Å². The number of nitrogens with zero attached hydrogens (tertiary/aromatic N) is 1. The van der Waals surface area contributed by atoms with Crippen LogP contribution < -0.4 is 0 Å². The van der Waals surface area contributed by atoms with Crippen LogP contribution in [0.2, 0.25) is 0 Å². The van der Waals surface area contributed by atoms with E-state index in [2.05, 4.69) is 38.3 Å². The monoisotopic (exact) mass is 191 g/mol. The molecule has 0 aliphatic rings. The molecule has 0 aromatic heterocycles. The van der Waals surface area contributed by atoms with E-state index in [1.807, 2.05) is 0 Å². The number of hydrogen-bond donors (Lipinski definition) is 1. The summed E-state index contributed by atoms with van der Waals surface area (Å²) in [5.74, 6) is 0. The minimum absolute atomic E-state index is 0.478. The molecule has 0 saturated heterocycles. The van der Waals surface area contributed by atoms with Crippen molar-refractivity contribution in [1.82, 2.24) is 4.90 Å². The van der Waals surface area contributed by atoms with E-state index in [4.69, 9.17) is 12.2 Å². The standard InChI is InChI=1S/C8H17NS2/c1-4-5-6-9(7(2)3)8(10)11/h7H,4-6H2,1-3H3,(H,10,11). The smallest absolute Gasteiger partial charge is 0.133 e. The highest BCUT2D eigenvalue weighted by molar-refractivity contribution is 8.10. The van der Waals surface area contributed by atoms with E-state index in [1.54, 1.807) is 0 Å². The van der Waals surface area contributed by atoms with Crippen molar-refractivity contribution in [3.8, 4) is 0 Å². The molecule has 0 aromatic rings. The number of hydrogen-bond acceptors (Lipinski definition) is 1. The molecule has 0 heterocycles. The highest BCUT2D eigenvalue weighted by Crippen LogP contribution is 2.05. The summed E-state index contributed by atoms with van der Waals surface area (Å²) < 4.78 is 0.716. The highest BCUT2D eigenvalue weighted by Gasteiger charge is 2.08. The summed E-state index contributed by atoms with van der Waals surface area (Å²) in [6.45, 7) is 7.49. The van der Waals surface area contributed by atoms with Crippen molar-refractivity contribution in [3.05, 3.63) is 0 Å². The largest absolute Gasteiger partial charge is 0.355 e. The van der Waals surface area contributed by atoms with Gasteiger partial charge >= 0.3 is 0 Å². The maximum atomic E-state index is 5.00. The molecule has 0 fully saturated rings. The van der Waals surface area contributed by atoms with Gasteiger partial charge in [-0.1, -0.05) is 25.6 Å². The topological polar surface area (TPSA) is 3.24 Å². The lowest BCUT2D eigenvalue weighted by Crippen LogP contribution is -2.33. The third-order valence-corrected chi connectivity index (χ3v) is 2.11. The van der Waals surface area contributed by atoms with Gasteiger partial charge in [0.05, 0.1) is 0 Å². The molecule has 0 atom stereocenters. The fraction of sp³-hybridized carbons (Fsp3) is 0.875. The third kappa shape index (κ3) is 4.64. The summed E-state index contributed by atoms with van der Waals surface area (Å²) in [7, 11) is 0. The summed E-state index contributed by atoms with van der Waals surface area (Å²) in [5, 5.41) is 0. The van der Waals surface area contributed by atoms with Crippen LogP contribution in [0.15, 0.2) is 0 Å². The molecule has 0 N–H and O–H groups in total. The Hall–Kier alpha value is 0.240. The molecular formula is C8H17NS2. The van der Waals surface area contributed by atoms with Gasteiger partial charge in [-0.25, -0.2) is 0 Å². The summed E-state index contributed by atoms with van der Waals surface area (Å²) in [4.78, 5) is 2.14. The van der Waals surface area contributed by atoms with E-state index in [9.17, 15) is 0 Å². The Morgan fingerprint density at radius 2 is 2.09 bits per heavy atom. The van der Waals surface area contributed by atoms with Gasteiger partial charge in [-0.2, -0.15) is 0 Å². The zero-order valence-corrected chi connectivity index (χ0v) is 9.21. The zero-order valence-electron chi connectivity index (χ0n) is 7.50. The second-order valence-corrected chi connectivity index (χ2v) is 4.04. The summed E-state index contributed by atoms with van der Waals surface area (Å²) in [5.41, 5.74) is 0. The van der Waals surface area contributed by atoms with Crippen molar-refractivity contribution >= 4 is 29.2 Å². The van der Waals surface area contributed by atoms with Crippen LogP contribution in [0.5, 0.6) is 0 Å². The molecule has 0 radical (unpaired) electrons. The van der Waals surface area contributed by atoms with E-state index in [-0.39, 0.29) is 0 Å². The van der Waals surface area contributed by atoms with Gasteiger partial charge in [0.2, 0.25) is 0 Å². The quantitative estimate of drug-likeness (QED) is 0.537.